The summed E-state index contributed by atoms with van der Waals surface area (Å²) in [5, 5.41) is 3.43. The Labute approximate surface area is 174 Å². The molecule has 29 heavy (non-hydrogen) atoms. The second-order valence-electron chi connectivity index (χ2n) is 7.76. The highest BCUT2D eigenvalue weighted by Gasteiger charge is 2.44. The fourth-order valence-electron chi connectivity index (χ4n) is 4.36. The summed E-state index contributed by atoms with van der Waals surface area (Å²) in [5.41, 5.74) is 2.85. The van der Waals surface area contributed by atoms with Crippen molar-refractivity contribution in [3.63, 3.8) is 0 Å². The van der Waals surface area contributed by atoms with Gasteiger partial charge in [0.25, 0.3) is 5.91 Å². The van der Waals surface area contributed by atoms with Crippen molar-refractivity contribution < 1.29 is 9.59 Å². The Hall–Kier alpha value is -2.79. The number of hydrogen-bond donors (Lipinski definition) is 1. The second-order valence-corrected chi connectivity index (χ2v) is 8.20. The first kappa shape index (κ1) is 19.5. The van der Waals surface area contributed by atoms with E-state index in [0.717, 1.165) is 17.7 Å². The van der Waals surface area contributed by atoms with Crippen LogP contribution in [0.15, 0.2) is 64.9 Å². The lowest BCUT2D eigenvalue weighted by atomic mass is 9.67. The van der Waals surface area contributed by atoms with E-state index in [2.05, 4.69) is 17.2 Å². The van der Waals surface area contributed by atoms with E-state index < -0.39 is 11.8 Å². The topological polar surface area (TPSA) is 71.4 Å². The molecule has 3 atom stereocenters. The van der Waals surface area contributed by atoms with E-state index in [-0.39, 0.29) is 17.6 Å². The van der Waals surface area contributed by atoms with Crippen LogP contribution < -0.4 is 5.32 Å². The number of halogens is 1. The van der Waals surface area contributed by atoms with E-state index in [4.69, 9.17) is 16.6 Å². The van der Waals surface area contributed by atoms with E-state index >= 15 is 0 Å². The molecule has 0 saturated heterocycles. The molecule has 1 amide bonds. The Morgan fingerprint density at radius 1 is 1.14 bits per heavy atom. The fourth-order valence-corrected chi connectivity index (χ4v) is 4.56. The molecule has 1 aliphatic carbocycles. The molecule has 2 aromatic rings. The molecular weight excluding hydrogens is 386 g/mol. The van der Waals surface area contributed by atoms with Crippen LogP contribution in [-0.2, 0) is 9.59 Å². The number of amides is 1. The zero-order valence-electron chi connectivity index (χ0n) is 16.4. The third kappa shape index (κ3) is 3.87. The van der Waals surface area contributed by atoms with Crippen LogP contribution in [0.5, 0.6) is 0 Å². The summed E-state index contributed by atoms with van der Waals surface area (Å²) in [5.74, 6) is -0.290. The van der Waals surface area contributed by atoms with Gasteiger partial charge in [0.1, 0.15) is 11.6 Å². The maximum absolute atomic E-state index is 13.3. The summed E-state index contributed by atoms with van der Waals surface area (Å²) in [4.78, 5) is 35.2. The van der Waals surface area contributed by atoms with Crippen molar-refractivity contribution in [1.29, 1.82) is 0 Å². The van der Waals surface area contributed by atoms with Gasteiger partial charge < -0.3 is 5.32 Å². The van der Waals surface area contributed by atoms with Crippen molar-refractivity contribution in [3.05, 3.63) is 70.5 Å². The number of anilines is 1. The van der Waals surface area contributed by atoms with Gasteiger partial charge in [-0.3, -0.25) is 14.6 Å². The lowest BCUT2D eigenvalue weighted by Crippen LogP contribution is -2.41. The number of fused-ring (bicyclic) bond motifs is 1. The largest absolute Gasteiger partial charge is 0.307 e. The number of ketones is 1. The van der Waals surface area contributed by atoms with Crippen molar-refractivity contribution in [3.8, 4) is 0 Å². The van der Waals surface area contributed by atoms with E-state index in [0.29, 0.717) is 28.5 Å². The molecule has 1 fully saturated rings. The Bertz CT molecular complexity index is 1030. The van der Waals surface area contributed by atoms with E-state index in [1.165, 1.54) is 0 Å². The third-order valence-corrected chi connectivity index (χ3v) is 5.75. The van der Waals surface area contributed by atoms with Gasteiger partial charge in [-0.05, 0) is 49.1 Å². The van der Waals surface area contributed by atoms with Crippen LogP contribution in [0.3, 0.4) is 0 Å². The minimum absolute atomic E-state index is 0.128. The van der Waals surface area contributed by atoms with Crippen LogP contribution in [-0.4, -0.2) is 22.4 Å². The molecular formula is C23H22ClN3O2. The van der Waals surface area contributed by atoms with Crippen molar-refractivity contribution in [2.75, 3.05) is 5.32 Å². The average molecular weight is 408 g/mol. The maximum atomic E-state index is 13.3. The first-order valence-electron chi connectivity index (χ1n) is 9.73. The molecule has 2 heterocycles. The van der Waals surface area contributed by atoms with Crippen molar-refractivity contribution >= 4 is 34.8 Å². The number of hydrogen-bond acceptors (Lipinski definition) is 4. The van der Waals surface area contributed by atoms with Crippen molar-refractivity contribution in [2.24, 2.45) is 16.8 Å². The lowest BCUT2D eigenvalue weighted by molar-refractivity contribution is -0.123. The molecule has 6 heteroatoms. The smallest absolute Gasteiger partial charge is 0.255 e. The van der Waals surface area contributed by atoms with Gasteiger partial charge in [0.15, 0.2) is 0 Å². The monoisotopic (exact) mass is 407 g/mol. The standard InChI is InChI=1S/C23H22ClN3O2/c1-13-10-17-22(18(28)11-13)21(15-6-5-7-16(24)12-15)20(14(2)26-17)23(29)27-19-8-3-4-9-25-19/h3-9,12-13,21-22H,10-11H2,1-2H3,(H,25,27,29)/t13-,21+,22?/m1/s1. The molecule has 2 aliphatic rings. The first-order chi connectivity index (χ1) is 13.9. The van der Waals surface area contributed by atoms with Gasteiger partial charge in [-0.2, -0.15) is 0 Å². The summed E-state index contributed by atoms with van der Waals surface area (Å²) < 4.78 is 0. The van der Waals surface area contributed by atoms with E-state index in [1.54, 1.807) is 24.4 Å². The van der Waals surface area contributed by atoms with Gasteiger partial charge in [0.05, 0.1) is 5.92 Å². The summed E-state index contributed by atoms with van der Waals surface area (Å²) in [6, 6.07) is 12.7. The summed E-state index contributed by atoms with van der Waals surface area (Å²) in [7, 11) is 0. The molecule has 1 unspecified atom stereocenters. The van der Waals surface area contributed by atoms with Crippen LogP contribution >= 0.6 is 11.6 Å². The van der Waals surface area contributed by atoms with Crippen LogP contribution in [0.25, 0.3) is 0 Å². The number of aromatic nitrogens is 1. The number of pyridine rings is 1. The summed E-state index contributed by atoms with van der Waals surface area (Å²) >= 11 is 6.25. The highest BCUT2D eigenvalue weighted by Crippen LogP contribution is 2.44. The van der Waals surface area contributed by atoms with Gasteiger partial charge in [-0.1, -0.05) is 36.7 Å². The average Bonchev–Trinajstić information content (AvgIpc) is 2.67. The number of rotatable bonds is 3. The van der Waals surface area contributed by atoms with Crippen LogP contribution in [0.2, 0.25) is 5.02 Å². The Kier molecular flexibility index (Phi) is 5.33. The minimum Gasteiger partial charge on any atom is -0.307 e. The van der Waals surface area contributed by atoms with Crippen LogP contribution in [0, 0.1) is 11.8 Å². The number of carbonyl (C=O) groups excluding carboxylic acids is 2. The second kappa shape index (κ2) is 7.91. The van der Waals surface area contributed by atoms with Gasteiger partial charge in [0.2, 0.25) is 0 Å². The molecule has 0 spiro atoms. The molecule has 1 aromatic heterocycles. The number of aliphatic imine (C=N–C) groups is 1. The molecule has 1 aromatic carbocycles. The molecule has 0 radical (unpaired) electrons. The molecule has 148 valence electrons. The molecule has 5 nitrogen and oxygen atoms in total. The third-order valence-electron chi connectivity index (χ3n) is 5.52. The Morgan fingerprint density at radius 3 is 2.69 bits per heavy atom. The summed E-state index contributed by atoms with van der Waals surface area (Å²) in [6.45, 7) is 3.89. The van der Waals surface area contributed by atoms with Gasteiger partial charge in [-0.25, -0.2) is 4.98 Å². The molecule has 0 bridgehead atoms. The van der Waals surface area contributed by atoms with Gasteiger partial charge >= 0.3 is 0 Å². The van der Waals surface area contributed by atoms with Crippen molar-refractivity contribution in [1.82, 2.24) is 4.98 Å². The van der Waals surface area contributed by atoms with Crippen LogP contribution in [0.4, 0.5) is 5.82 Å². The minimum atomic E-state index is -0.433. The molecule has 1 aliphatic heterocycles. The number of Topliss-reactive ketones (excluding diaryl/α,β-unsaturated/α-hetero) is 1. The van der Waals surface area contributed by atoms with Gasteiger partial charge in [0, 0.05) is 40.5 Å². The normalized spacial score (nSPS) is 24.0. The zero-order valence-corrected chi connectivity index (χ0v) is 17.1. The molecule has 1 N–H and O–H groups in total. The van der Waals surface area contributed by atoms with Crippen LogP contribution in [0.1, 0.15) is 38.2 Å². The van der Waals surface area contributed by atoms with Crippen molar-refractivity contribution in [2.45, 2.75) is 32.6 Å². The Balaban J connectivity index is 1.81. The number of allylic oxidation sites excluding steroid dienone is 1. The predicted octanol–water partition coefficient (Wildman–Crippen LogP) is 4.80. The number of carbonyl (C=O) groups is 2. The highest BCUT2D eigenvalue weighted by atomic mass is 35.5. The predicted molar refractivity (Wildman–Crippen MR) is 114 cm³/mol. The highest BCUT2D eigenvalue weighted by molar-refractivity contribution is 6.30. The zero-order chi connectivity index (χ0) is 20.5. The Morgan fingerprint density at radius 2 is 1.97 bits per heavy atom. The van der Waals surface area contributed by atoms with E-state index in [9.17, 15) is 9.59 Å². The molecule has 1 saturated carbocycles. The fraction of sp³-hybridized carbons (Fsp3) is 0.304. The van der Waals surface area contributed by atoms with E-state index in [1.807, 2.05) is 31.2 Å². The number of nitrogens with zero attached hydrogens (tertiary/aromatic N) is 2. The quantitative estimate of drug-likeness (QED) is 0.794. The number of benzene rings is 1. The molecule has 4 rings (SSSR count). The maximum Gasteiger partial charge on any atom is 0.255 e. The lowest BCUT2D eigenvalue weighted by Gasteiger charge is -2.37. The van der Waals surface area contributed by atoms with Gasteiger partial charge in [-0.15, -0.1) is 0 Å². The SMILES string of the molecule is CC1=C(C(=O)Nc2ccccn2)[C@H](c2cccc(Cl)c2)C2C(=O)C[C@H](C)CC2=N1. The number of nitrogens with one attached hydrogen (secondary N) is 1. The first-order valence-corrected chi connectivity index (χ1v) is 10.1. The summed E-state index contributed by atoms with van der Waals surface area (Å²) in [6.07, 6.45) is 2.88.